The van der Waals surface area contributed by atoms with Crippen LogP contribution in [0.1, 0.15) is 13.3 Å². The van der Waals surface area contributed by atoms with Gasteiger partial charge in [0.05, 0.1) is 12.2 Å². The standard InChI is InChI=1S/C8H12O2/c1-3-8-6(10-8)4-5(2)7(8)9/h3,5-7,9H,1,4H2,2H3/t5-,6-,7+,8-/m1/s1. The minimum absolute atomic E-state index is 0.259. The van der Waals surface area contributed by atoms with Crippen LogP contribution in [0.15, 0.2) is 12.7 Å². The van der Waals surface area contributed by atoms with Crippen molar-refractivity contribution in [1.29, 1.82) is 0 Å². The average molecular weight is 140 g/mol. The molecule has 0 aromatic heterocycles. The summed E-state index contributed by atoms with van der Waals surface area (Å²) in [5.41, 5.74) is -0.348. The maximum absolute atomic E-state index is 9.56. The lowest BCUT2D eigenvalue weighted by molar-refractivity contribution is 0.0500. The number of aliphatic hydroxyl groups excluding tert-OH is 1. The number of hydrogen-bond donors (Lipinski definition) is 1. The zero-order chi connectivity index (χ0) is 7.35. The molecule has 2 rings (SSSR count). The van der Waals surface area contributed by atoms with Gasteiger partial charge in [0.1, 0.15) is 5.60 Å². The molecule has 1 aliphatic heterocycles. The predicted molar refractivity (Wildman–Crippen MR) is 37.6 cm³/mol. The fourth-order valence-electron chi connectivity index (χ4n) is 1.92. The van der Waals surface area contributed by atoms with Gasteiger partial charge in [-0.3, -0.25) is 0 Å². The number of ether oxygens (including phenoxy) is 1. The zero-order valence-electron chi connectivity index (χ0n) is 6.08. The SMILES string of the molecule is C=C[C@@]12O[C@@H]1C[C@@H](C)[C@@H]2O. The number of epoxide rings is 1. The van der Waals surface area contributed by atoms with Crippen molar-refractivity contribution in [2.45, 2.75) is 31.2 Å². The quantitative estimate of drug-likeness (QED) is 0.430. The lowest BCUT2D eigenvalue weighted by Crippen LogP contribution is -2.28. The molecule has 2 nitrogen and oxygen atoms in total. The highest BCUT2D eigenvalue weighted by Crippen LogP contribution is 2.53. The van der Waals surface area contributed by atoms with Crippen LogP contribution in [-0.2, 0) is 4.74 Å². The maximum Gasteiger partial charge on any atom is 0.139 e. The Morgan fingerprint density at radius 1 is 1.80 bits per heavy atom. The van der Waals surface area contributed by atoms with Crippen molar-refractivity contribution in [1.82, 2.24) is 0 Å². The topological polar surface area (TPSA) is 32.8 Å². The summed E-state index contributed by atoms with van der Waals surface area (Å²) in [7, 11) is 0. The third kappa shape index (κ3) is 0.516. The van der Waals surface area contributed by atoms with E-state index >= 15 is 0 Å². The second-order valence-electron chi connectivity index (χ2n) is 3.32. The molecule has 1 aliphatic carbocycles. The highest BCUT2D eigenvalue weighted by molar-refractivity contribution is 5.23. The molecular formula is C8H12O2. The van der Waals surface area contributed by atoms with E-state index in [0.717, 1.165) is 6.42 Å². The van der Waals surface area contributed by atoms with E-state index in [0.29, 0.717) is 5.92 Å². The Kier molecular flexibility index (Phi) is 1.04. The van der Waals surface area contributed by atoms with Gasteiger partial charge >= 0.3 is 0 Å². The van der Waals surface area contributed by atoms with Crippen molar-refractivity contribution in [2.24, 2.45) is 5.92 Å². The van der Waals surface area contributed by atoms with Gasteiger partial charge < -0.3 is 9.84 Å². The summed E-state index contributed by atoms with van der Waals surface area (Å²) in [6.45, 7) is 5.70. The van der Waals surface area contributed by atoms with Crippen LogP contribution in [0.25, 0.3) is 0 Å². The van der Waals surface area contributed by atoms with Crippen LogP contribution in [0.4, 0.5) is 0 Å². The molecule has 1 saturated carbocycles. The van der Waals surface area contributed by atoms with Gasteiger partial charge in [-0.25, -0.2) is 0 Å². The molecule has 56 valence electrons. The number of rotatable bonds is 1. The van der Waals surface area contributed by atoms with Gasteiger partial charge in [0.25, 0.3) is 0 Å². The highest BCUT2D eigenvalue weighted by Gasteiger charge is 2.65. The Labute approximate surface area is 60.5 Å². The smallest absolute Gasteiger partial charge is 0.139 e. The van der Waals surface area contributed by atoms with Crippen molar-refractivity contribution in [3.05, 3.63) is 12.7 Å². The Balaban J connectivity index is 2.22. The van der Waals surface area contributed by atoms with Crippen LogP contribution < -0.4 is 0 Å². The summed E-state index contributed by atoms with van der Waals surface area (Å²) >= 11 is 0. The molecule has 0 aromatic rings. The van der Waals surface area contributed by atoms with Gasteiger partial charge in [0.15, 0.2) is 0 Å². The third-order valence-corrected chi connectivity index (χ3v) is 2.70. The zero-order valence-corrected chi connectivity index (χ0v) is 6.08. The molecule has 0 radical (unpaired) electrons. The van der Waals surface area contributed by atoms with Crippen LogP contribution in [0.2, 0.25) is 0 Å². The van der Waals surface area contributed by atoms with Gasteiger partial charge in [-0.05, 0) is 12.3 Å². The molecule has 0 unspecified atom stereocenters. The summed E-state index contributed by atoms with van der Waals surface area (Å²) in [4.78, 5) is 0. The number of aliphatic hydroxyl groups is 1. The van der Waals surface area contributed by atoms with E-state index in [1.165, 1.54) is 0 Å². The fraction of sp³-hybridized carbons (Fsp3) is 0.750. The molecule has 2 aliphatic rings. The first-order valence-corrected chi connectivity index (χ1v) is 3.70. The molecule has 0 amide bonds. The monoisotopic (exact) mass is 140 g/mol. The van der Waals surface area contributed by atoms with Crippen molar-refractivity contribution in [3.8, 4) is 0 Å². The van der Waals surface area contributed by atoms with Crippen LogP contribution in [-0.4, -0.2) is 22.9 Å². The number of hydrogen-bond acceptors (Lipinski definition) is 2. The molecule has 10 heavy (non-hydrogen) atoms. The minimum Gasteiger partial charge on any atom is -0.389 e. The lowest BCUT2D eigenvalue weighted by Gasteiger charge is -2.15. The maximum atomic E-state index is 9.56. The Morgan fingerprint density at radius 2 is 2.50 bits per heavy atom. The van der Waals surface area contributed by atoms with Crippen molar-refractivity contribution in [2.75, 3.05) is 0 Å². The van der Waals surface area contributed by atoms with Gasteiger partial charge in [-0.1, -0.05) is 13.0 Å². The molecule has 4 atom stereocenters. The molecular weight excluding hydrogens is 128 g/mol. The molecule has 2 heteroatoms. The van der Waals surface area contributed by atoms with Crippen LogP contribution in [0.3, 0.4) is 0 Å². The average Bonchev–Trinajstić information content (AvgIpc) is 2.57. The largest absolute Gasteiger partial charge is 0.389 e. The van der Waals surface area contributed by atoms with Gasteiger partial charge in [-0.15, -0.1) is 6.58 Å². The summed E-state index contributed by atoms with van der Waals surface area (Å²) in [5.74, 6) is 0.372. The van der Waals surface area contributed by atoms with E-state index in [-0.39, 0.29) is 17.8 Å². The van der Waals surface area contributed by atoms with Gasteiger partial charge in [0, 0.05) is 0 Å². The van der Waals surface area contributed by atoms with E-state index in [1.54, 1.807) is 6.08 Å². The van der Waals surface area contributed by atoms with Crippen LogP contribution in [0.5, 0.6) is 0 Å². The normalized spacial score (nSPS) is 58.0. The van der Waals surface area contributed by atoms with E-state index in [4.69, 9.17) is 4.74 Å². The van der Waals surface area contributed by atoms with Gasteiger partial charge in [0.2, 0.25) is 0 Å². The van der Waals surface area contributed by atoms with Crippen LogP contribution in [0, 0.1) is 5.92 Å². The minimum atomic E-state index is -0.348. The van der Waals surface area contributed by atoms with Crippen molar-refractivity contribution < 1.29 is 9.84 Å². The molecule has 0 spiro atoms. The van der Waals surface area contributed by atoms with Crippen molar-refractivity contribution >= 4 is 0 Å². The fourth-order valence-corrected chi connectivity index (χ4v) is 1.92. The molecule has 0 aromatic carbocycles. The summed E-state index contributed by atoms with van der Waals surface area (Å²) < 4.78 is 5.30. The van der Waals surface area contributed by atoms with E-state index < -0.39 is 0 Å². The summed E-state index contributed by atoms with van der Waals surface area (Å²) in [6, 6.07) is 0. The van der Waals surface area contributed by atoms with E-state index in [2.05, 4.69) is 6.58 Å². The Morgan fingerprint density at radius 3 is 2.80 bits per heavy atom. The lowest BCUT2D eigenvalue weighted by atomic mass is 10.0. The summed E-state index contributed by atoms with van der Waals surface area (Å²) in [5, 5.41) is 9.56. The first-order chi connectivity index (χ1) is 4.70. The Bertz CT molecular complexity index is 178. The number of fused-ring (bicyclic) bond motifs is 1. The second-order valence-corrected chi connectivity index (χ2v) is 3.32. The molecule has 2 fully saturated rings. The summed E-state index contributed by atoms with van der Waals surface area (Å²) in [6.07, 6.45) is 2.66. The van der Waals surface area contributed by atoms with E-state index in [1.807, 2.05) is 6.92 Å². The predicted octanol–water partition coefficient (Wildman–Crippen LogP) is 0.711. The molecule has 1 N–H and O–H groups in total. The third-order valence-electron chi connectivity index (χ3n) is 2.70. The first-order valence-electron chi connectivity index (χ1n) is 3.70. The second kappa shape index (κ2) is 1.63. The van der Waals surface area contributed by atoms with Crippen molar-refractivity contribution in [3.63, 3.8) is 0 Å². The molecule has 1 saturated heterocycles. The first kappa shape index (κ1) is 6.38. The molecule has 0 bridgehead atoms. The van der Waals surface area contributed by atoms with Gasteiger partial charge in [-0.2, -0.15) is 0 Å². The highest BCUT2D eigenvalue weighted by atomic mass is 16.6. The molecule has 1 heterocycles. The van der Waals surface area contributed by atoms with Crippen LogP contribution >= 0.6 is 0 Å². The Hall–Kier alpha value is -0.340. The van der Waals surface area contributed by atoms with E-state index in [9.17, 15) is 5.11 Å².